The van der Waals surface area contributed by atoms with Crippen LogP contribution in [0.2, 0.25) is 0 Å². The van der Waals surface area contributed by atoms with Gasteiger partial charge in [0.05, 0.1) is 17.5 Å². The lowest BCUT2D eigenvalue weighted by Gasteiger charge is -2.08. The van der Waals surface area contributed by atoms with E-state index in [0.29, 0.717) is 23.5 Å². The Labute approximate surface area is 143 Å². The van der Waals surface area contributed by atoms with Crippen molar-refractivity contribution in [1.29, 1.82) is 0 Å². The van der Waals surface area contributed by atoms with Gasteiger partial charge in [-0.15, -0.1) is 0 Å². The summed E-state index contributed by atoms with van der Waals surface area (Å²) in [6.07, 6.45) is 0. The zero-order chi connectivity index (χ0) is 16.8. The Kier molecular flexibility index (Phi) is 5.93. The van der Waals surface area contributed by atoms with E-state index in [0.717, 1.165) is 5.56 Å². The van der Waals surface area contributed by atoms with Crippen molar-refractivity contribution in [2.45, 2.75) is 18.4 Å². The molecule has 0 amide bonds. The molecule has 4 nitrogen and oxygen atoms in total. The minimum atomic E-state index is -0.362. The van der Waals surface area contributed by atoms with E-state index >= 15 is 0 Å². The standard InChI is InChI=1S/C18H17BrO4/c1-12(19)17(20)14-7-9-16(10-8-14)23-11-13-3-5-15(6-4-13)18(21)22-2/h3-10,12H,11H2,1-2H3/t12-/m1/s1. The molecule has 0 aromatic heterocycles. The van der Waals surface area contributed by atoms with Crippen LogP contribution < -0.4 is 4.74 Å². The average Bonchev–Trinajstić information content (AvgIpc) is 2.59. The van der Waals surface area contributed by atoms with Crippen molar-refractivity contribution in [3.8, 4) is 5.75 Å². The van der Waals surface area contributed by atoms with Crippen molar-refractivity contribution >= 4 is 27.7 Å². The summed E-state index contributed by atoms with van der Waals surface area (Å²) in [7, 11) is 1.35. The van der Waals surface area contributed by atoms with Gasteiger partial charge < -0.3 is 9.47 Å². The molecule has 2 aromatic rings. The van der Waals surface area contributed by atoms with E-state index in [2.05, 4.69) is 20.7 Å². The molecular weight excluding hydrogens is 360 g/mol. The zero-order valence-electron chi connectivity index (χ0n) is 12.9. The number of Topliss-reactive ketones (excluding diaryl/α,β-unsaturated/α-hetero) is 1. The highest BCUT2D eigenvalue weighted by Crippen LogP contribution is 2.17. The molecule has 0 aliphatic carbocycles. The number of rotatable bonds is 6. The molecular formula is C18H17BrO4. The summed E-state index contributed by atoms with van der Waals surface area (Å²) in [5.41, 5.74) is 2.08. The van der Waals surface area contributed by atoms with E-state index < -0.39 is 0 Å². The second-order valence-corrected chi connectivity index (χ2v) is 6.36. The summed E-state index contributed by atoms with van der Waals surface area (Å²) >= 11 is 3.26. The monoisotopic (exact) mass is 376 g/mol. The first kappa shape index (κ1) is 17.2. The van der Waals surface area contributed by atoms with Crippen LogP contribution in [0, 0.1) is 0 Å². The Bertz CT molecular complexity index is 675. The second-order valence-electron chi connectivity index (χ2n) is 4.98. The predicted molar refractivity (Wildman–Crippen MR) is 91.3 cm³/mol. The fourth-order valence-corrected chi connectivity index (χ4v) is 2.23. The van der Waals surface area contributed by atoms with Gasteiger partial charge in [0.15, 0.2) is 5.78 Å². The summed E-state index contributed by atoms with van der Waals surface area (Å²) in [6.45, 7) is 2.17. The van der Waals surface area contributed by atoms with Crippen molar-refractivity contribution < 1.29 is 19.1 Å². The Hall–Kier alpha value is -2.14. The lowest BCUT2D eigenvalue weighted by molar-refractivity contribution is 0.0600. The molecule has 0 unspecified atom stereocenters. The Morgan fingerprint density at radius 2 is 1.57 bits per heavy atom. The number of carbonyl (C=O) groups excluding carboxylic acids is 2. The maximum Gasteiger partial charge on any atom is 0.337 e. The van der Waals surface area contributed by atoms with Gasteiger partial charge in [-0.1, -0.05) is 28.1 Å². The SMILES string of the molecule is COC(=O)c1ccc(COc2ccc(C(=O)[C@@H](C)Br)cc2)cc1. The van der Waals surface area contributed by atoms with Crippen LogP contribution in [0.5, 0.6) is 5.75 Å². The largest absolute Gasteiger partial charge is 0.489 e. The van der Waals surface area contributed by atoms with Gasteiger partial charge in [-0.2, -0.15) is 0 Å². The predicted octanol–water partition coefficient (Wildman–Crippen LogP) is 4.02. The Morgan fingerprint density at radius 3 is 2.09 bits per heavy atom. The van der Waals surface area contributed by atoms with Crippen LogP contribution >= 0.6 is 15.9 Å². The molecule has 0 N–H and O–H groups in total. The van der Waals surface area contributed by atoms with Crippen LogP contribution in [0.4, 0.5) is 0 Å². The molecule has 0 radical (unpaired) electrons. The molecule has 0 spiro atoms. The third kappa shape index (κ3) is 4.66. The van der Waals surface area contributed by atoms with E-state index in [4.69, 9.17) is 4.74 Å². The van der Waals surface area contributed by atoms with Gasteiger partial charge in [-0.3, -0.25) is 4.79 Å². The van der Waals surface area contributed by atoms with Gasteiger partial charge in [-0.25, -0.2) is 4.79 Å². The molecule has 0 aliphatic heterocycles. The number of esters is 1. The summed E-state index contributed by atoms with van der Waals surface area (Å²) in [4.78, 5) is 23.0. The fraction of sp³-hybridized carbons (Fsp3) is 0.222. The van der Waals surface area contributed by atoms with Gasteiger partial charge in [0.2, 0.25) is 0 Å². The van der Waals surface area contributed by atoms with Gasteiger partial charge >= 0.3 is 5.97 Å². The number of benzene rings is 2. The van der Waals surface area contributed by atoms with Crippen molar-refractivity contribution in [3.63, 3.8) is 0 Å². The van der Waals surface area contributed by atoms with Crippen molar-refractivity contribution in [3.05, 3.63) is 65.2 Å². The summed E-state index contributed by atoms with van der Waals surface area (Å²) in [5, 5.41) is 0. The fourth-order valence-electron chi connectivity index (χ4n) is 1.97. The molecule has 0 saturated carbocycles. The molecule has 1 atom stereocenters. The molecule has 0 saturated heterocycles. The lowest BCUT2D eigenvalue weighted by atomic mass is 10.1. The molecule has 0 fully saturated rings. The third-order valence-corrected chi connectivity index (χ3v) is 3.70. The van der Waals surface area contributed by atoms with E-state index in [1.165, 1.54) is 7.11 Å². The average molecular weight is 377 g/mol. The molecule has 0 aliphatic rings. The first-order chi connectivity index (χ1) is 11.0. The number of alkyl halides is 1. The summed E-state index contributed by atoms with van der Waals surface area (Å²) < 4.78 is 10.3. The van der Waals surface area contributed by atoms with Gasteiger partial charge in [0.1, 0.15) is 12.4 Å². The van der Waals surface area contributed by atoms with E-state index in [1.807, 2.05) is 12.1 Å². The van der Waals surface area contributed by atoms with Gasteiger partial charge in [0, 0.05) is 5.56 Å². The van der Waals surface area contributed by atoms with Crippen LogP contribution in [-0.4, -0.2) is 23.7 Å². The Balaban J connectivity index is 1.95. The van der Waals surface area contributed by atoms with Crippen LogP contribution in [0.25, 0.3) is 0 Å². The lowest BCUT2D eigenvalue weighted by Crippen LogP contribution is -2.09. The number of halogens is 1. The number of carbonyl (C=O) groups is 2. The van der Waals surface area contributed by atoms with E-state index in [-0.39, 0.29) is 16.6 Å². The van der Waals surface area contributed by atoms with Gasteiger partial charge in [0.25, 0.3) is 0 Å². The maximum absolute atomic E-state index is 11.8. The molecule has 5 heteroatoms. The first-order valence-corrected chi connectivity index (χ1v) is 8.01. The number of ketones is 1. The quantitative estimate of drug-likeness (QED) is 0.434. The van der Waals surface area contributed by atoms with Crippen LogP contribution in [0.1, 0.15) is 33.2 Å². The zero-order valence-corrected chi connectivity index (χ0v) is 14.5. The highest BCUT2D eigenvalue weighted by atomic mass is 79.9. The molecule has 23 heavy (non-hydrogen) atoms. The van der Waals surface area contributed by atoms with Crippen molar-refractivity contribution in [2.75, 3.05) is 7.11 Å². The maximum atomic E-state index is 11.8. The highest BCUT2D eigenvalue weighted by Gasteiger charge is 2.11. The minimum Gasteiger partial charge on any atom is -0.489 e. The molecule has 2 rings (SSSR count). The Morgan fingerprint density at radius 1 is 1.00 bits per heavy atom. The topological polar surface area (TPSA) is 52.6 Å². The minimum absolute atomic E-state index is 0.0370. The normalized spacial score (nSPS) is 11.6. The summed E-state index contributed by atoms with van der Waals surface area (Å²) in [5.74, 6) is 0.356. The second kappa shape index (κ2) is 7.92. The number of hydrogen-bond acceptors (Lipinski definition) is 4. The van der Waals surface area contributed by atoms with E-state index in [1.54, 1.807) is 43.3 Å². The third-order valence-electron chi connectivity index (χ3n) is 3.28. The number of methoxy groups -OCH3 is 1. The first-order valence-electron chi connectivity index (χ1n) is 7.09. The highest BCUT2D eigenvalue weighted by molar-refractivity contribution is 9.10. The molecule has 2 aromatic carbocycles. The van der Waals surface area contributed by atoms with Crippen LogP contribution in [0.3, 0.4) is 0 Å². The van der Waals surface area contributed by atoms with Crippen molar-refractivity contribution in [1.82, 2.24) is 0 Å². The number of hydrogen-bond donors (Lipinski definition) is 0. The molecule has 120 valence electrons. The van der Waals surface area contributed by atoms with Crippen LogP contribution in [-0.2, 0) is 11.3 Å². The van der Waals surface area contributed by atoms with Crippen molar-refractivity contribution in [2.24, 2.45) is 0 Å². The molecule has 0 heterocycles. The summed E-state index contributed by atoms with van der Waals surface area (Å²) in [6, 6.07) is 14.1. The van der Waals surface area contributed by atoms with E-state index in [9.17, 15) is 9.59 Å². The molecule has 0 bridgehead atoms. The van der Waals surface area contributed by atoms with Gasteiger partial charge in [-0.05, 0) is 48.9 Å². The smallest absolute Gasteiger partial charge is 0.337 e. The number of ether oxygens (including phenoxy) is 2. The van der Waals surface area contributed by atoms with Crippen LogP contribution in [0.15, 0.2) is 48.5 Å².